The first kappa shape index (κ1) is 33.5. The summed E-state index contributed by atoms with van der Waals surface area (Å²) in [4.78, 5) is 13.8. The van der Waals surface area contributed by atoms with E-state index in [9.17, 15) is 4.79 Å². The van der Waals surface area contributed by atoms with Crippen LogP contribution in [0.1, 0.15) is 26.7 Å². The maximum Gasteiger partial charge on any atom is 0.524 e. The maximum atomic E-state index is 12.3. The summed E-state index contributed by atoms with van der Waals surface area (Å²) in [5.41, 5.74) is 8.63. The zero-order valence-electron chi connectivity index (χ0n) is 20.5. The summed E-state index contributed by atoms with van der Waals surface area (Å²) in [6, 6.07) is -0.639. The van der Waals surface area contributed by atoms with Gasteiger partial charge in [0.25, 0.3) is 0 Å². The fourth-order valence-electron chi connectivity index (χ4n) is 3.22. The number of carbonyl (C=O) groups excluding carboxylic acids is 1. The lowest BCUT2D eigenvalue weighted by Gasteiger charge is -2.45. The van der Waals surface area contributed by atoms with E-state index in [2.05, 4.69) is 0 Å². The first-order valence-electron chi connectivity index (χ1n) is 10.0. The molecule has 194 valence electrons. The van der Waals surface area contributed by atoms with Crippen LogP contribution in [0.4, 0.5) is 4.79 Å². The second kappa shape index (κ2) is 16.0. The SMILES string of the molecule is CCC(N(C(N)=O)C(CC)[Si](OC)(OC)OC)[Si](OC)(OC)OC.NC(CO)(CO)CO. The van der Waals surface area contributed by atoms with Crippen molar-refractivity contribution in [3.05, 3.63) is 0 Å². The van der Waals surface area contributed by atoms with E-state index in [0.717, 1.165) is 0 Å². The molecule has 0 spiro atoms. The summed E-state index contributed by atoms with van der Waals surface area (Å²) < 4.78 is 33.4. The van der Waals surface area contributed by atoms with Crippen molar-refractivity contribution in [3.8, 4) is 0 Å². The van der Waals surface area contributed by atoms with Crippen molar-refractivity contribution in [3.63, 3.8) is 0 Å². The molecule has 0 bridgehead atoms. The minimum atomic E-state index is -3.19. The predicted octanol–water partition coefficient (Wildman–Crippen LogP) is -1.58. The van der Waals surface area contributed by atoms with Crippen molar-refractivity contribution in [2.75, 3.05) is 62.5 Å². The molecule has 0 aliphatic heterocycles. The van der Waals surface area contributed by atoms with Gasteiger partial charge in [-0.05, 0) is 12.8 Å². The zero-order valence-corrected chi connectivity index (χ0v) is 22.5. The molecule has 0 aliphatic carbocycles. The molecule has 0 aromatic rings. The molecule has 32 heavy (non-hydrogen) atoms. The molecule has 0 aromatic heterocycles. The number of amides is 2. The molecule has 0 saturated heterocycles. The van der Waals surface area contributed by atoms with Gasteiger partial charge in [-0.2, -0.15) is 0 Å². The number of aliphatic hydroxyl groups is 3. The van der Waals surface area contributed by atoms with Crippen molar-refractivity contribution < 1.29 is 46.7 Å². The van der Waals surface area contributed by atoms with Gasteiger partial charge in [0, 0.05) is 42.7 Å². The first-order chi connectivity index (χ1) is 15.0. The van der Waals surface area contributed by atoms with Crippen LogP contribution in [-0.4, -0.2) is 123 Å². The average Bonchev–Trinajstić information content (AvgIpc) is 2.83. The molecule has 2 unspecified atom stereocenters. The highest BCUT2D eigenvalue weighted by Gasteiger charge is 2.58. The summed E-state index contributed by atoms with van der Waals surface area (Å²) in [6.07, 6.45) is 1.03. The van der Waals surface area contributed by atoms with Crippen molar-refractivity contribution in [2.24, 2.45) is 11.5 Å². The third-order valence-corrected chi connectivity index (χ3v) is 11.6. The Labute approximate surface area is 193 Å². The molecule has 0 saturated carbocycles. The molecule has 0 fully saturated rings. The first-order valence-corrected chi connectivity index (χ1v) is 13.6. The van der Waals surface area contributed by atoms with Crippen LogP contribution in [0.2, 0.25) is 0 Å². The second-order valence-electron chi connectivity index (χ2n) is 6.86. The number of carbonyl (C=O) groups is 1. The van der Waals surface area contributed by atoms with Crippen molar-refractivity contribution in [1.29, 1.82) is 0 Å². The van der Waals surface area contributed by atoms with Gasteiger partial charge in [-0.15, -0.1) is 0 Å². The average molecular weight is 506 g/mol. The van der Waals surface area contributed by atoms with Crippen LogP contribution in [-0.2, 0) is 26.6 Å². The number of primary amides is 1. The molecular weight excluding hydrogens is 462 g/mol. The van der Waals surface area contributed by atoms with E-state index >= 15 is 0 Å². The van der Waals surface area contributed by atoms with Gasteiger partial charge in [0.05, 0.1) is 25.4 Å². The Morgan fingerprint density at radius 1 is 0.781 bits per heavy atom. The minimum absolute atomic E-state index is 0.403. The fourth-order valence-corrected chi connectivity index (χ4v) is 8.30. The van der Waals surface area contributed by atoms with Gasteiger partial charge in [0.1, 0.15) is 11.3 Å². The van der Waals surface area contributed by atoms with Gasteiger partial charge in [0.15, 0.2) is 0 Å². The standard InChI is InChI=1S/C13H32N2O7Si2.C4H11NO3/c1-9-11(23(17-3,18-4)19-5)15(13(14)16)12(10-2)24(20-6,21-7)22-8;5-4(1-6,2-7)3-8/h11-12H,9-10H2,1-8H3,(H2,14,16);6-8H,1-3,5H2. The van der Waals surface area contributed by atoms with Crippen LogP contribution in [0, 0.1) is 0 Å². The Balaban J connectivity index is 0. The Bertz CT molecular complexity index is 456. The number of rotatable bonds is 15. The lowest BCUT2D eigenvalue weighted by molar-refractivity contribution is 0.0493. The van der Waals surface area contributed by atoms with Crippen LogP contribution in [0.15, 0.2) is 0 Å². The van der Waals surface area contributed by atoms with E-state index < -0.39 is 60.3 Å². The van der Waals surface area contributed by atoms with Crippen LogP contribution >= 0.6 is 0 Å². The number of hydrogen-bond acceptors (Lipinski definition) is 11. The summed E-state index contributed by atoms with van der Waals surface area (Å²) in [5.74, 6) is 0. The van der Waals surface area contributed by atoms with Gasteiger partial charge < -0.3 is 58.2 Å². The molecule has 0 rings (SSSR count). The molecule has 13 nitrogen and oxygen atoms in total. The van der Waals surface area contributed by atoms with E-state index in [1.54, 1.807) is 0 Å². The molecule has 0 aliphatic rings. The maximum absolute atomic E-state index is 12.3. The summed E-state index contributed by atoms with van der Waals surface area (Å²) in [7, 11) is 2.60. The summed E-state index contributed by atoms with van der Waals surface area (Å²) in [5, 5.41) is 25.0. The van der Waals surface area contributed by atoms with E-state index in [-0.39, 0.29) is 0 Å². The Morgan fingerprint density at radius 2 is 1.03 bits per heavy atom. The highest BCUT2D eigenvalue weighted by atomic mass is 28.4. The van der Waals surface area contributed by atoms with Crippen LogP contribution < -0.4 is 11.5 Å². The molecular formula is C17H43N3O10Si2. The van der Waals surface area contributed by atoms with Gasteiger partial charge >= 0.3 is 23.6 Å². The summed E-state index contributed by atoms with van der Waals surface area (Å²) in [6.45, 7) is 2.60. The Morgan fingerprint density at radius 3 is 1.12 bits per heavy atom. The second-order valence-corrected chi connectivity index (χ2v) is 13.1. The van der Waals surface area contributed by atoms with E-state index in [4.69, 9.17) is 53.3 Å². The monoisotopic (exact) mass is 505 g/mol. The lowest BCUT2D eigenvalue weighted by Crippen LogP contribution is -2.71. The molecule has 2 amide bonds. The van der Waals surface area contributed by atoms with Crippen molar-refractivity contribution >= 4 is 23.6 Å². The number of urea groups is 1. The quantitative estimate of drug-likeness (QED) is 0.162. The van der Waals surface area contributed by atoms with E-state index in [1.807, 2.05) is 13.8 Å². The molecule has 0 aromatic carbocycles. The summed E-state index contributed by atoms with van der Waals surface area (Å²) >= 11 is 0. The van der Waals surface area contributed by atoms with E-state index in [0.29, 0.717) is 12.8 Å². The van der Waals surface area contributed by atoms with Crippen LogP contribution in [0.5, 0.6) is 0 Å². The molecule has 0 radical (unpaired) electrons. The fraction of sp³-hybridized carbons (Fsp3) is 0.941. The zero-order chi connectivity index (χ0) is 25.6. The molecule has 2 atom stereocenters. The topological polar surface area (TPSA) is 188 Å². The van der Waals surface area contributed by atoms with Crippen LogP contribution in [0.3, 0.4) is 0 Å². The van der Waals surface area contributed by atoms with Gasteiger partial charge in [0.2, 0.25) is 0 Å². The normalized spacial score (nSPS) is 14.4. The van der Waals surface area contributed by atoms with Crippen molar-refractivity contribution in [1.82, 2.24) is 4.90 Å². The molecule has 15 heteroatoms. The van der Waals surface area contributed by atoms with Crippen molar-refractivity contribution in [2.45, 2.75) is 43.6 Å². The van der Waals surface area contributed by atoms with E-state index in [1.165, 1.54) is 47.6 Å². The van der Waals surface area contributed by atoms with Crippen LogP contribution in [0.25, 0.3) is 0 Å². The Hall–Kier alpha value is -0.696. The largest absolute Gasteiger partial charge is 0.524 e. The minimum Gasteiger partial charge on any atom is -0.394 e. The number of nitrogens with zero attached hydrogens (tertiary/aromatic N) is 1. The third-order valence-electron chi connectivity index (χ3n) is 5.17. The number of aliphatic hydroxyl groups excluding tert-OH is 3. The Kier molecular flexibility index (Phi) is 16.8. The van der Waals surface area contributed by atoms with Gasteiger partial charge in [-0.25, -0.2) is 4.79 Å². The highest BCUT2D eigenvalue weighted by Crippen LogP contribution is 2.28. The highest BCUT2D eigenvalue weighted by molar-refractivity contribution is 6.64. The van der Waals surface area contributed by atoms with Gasteiger partial charge in [-0.1, -0.05) is 13.8 Å². The lowest BCUT2D eigenvalue weighted by atomic mass is 10.1. The molecule has 7 N–H and O–H groups in total. The number of hydrogen-bond donors (Lipinski definition) is 5. The van der Waals surface area contributed by atoms with Gasteiger partial charge in [-0.3, -0.25) is 0 Å². The number of nitrogens with two attached hydrogens (primary N) is 2. The predicted molar refractivity (Wildman–Crippen MR) is 121 cm³/mol. The third kappa shape index (κ3) is 7.96. The molecule has 0 heterocycles. The smallest absolute Gasteiger partial charge is 0.394 e.